The Labute approximate surface area is 131 Å². The van der Waals surface area contributed by atoms with E-state index in [1.165, 1.54) is 25.2 Å². The molecule has 1 unspecified atom stereocenters. The Bertz CT molecular complexity index is 732. The van der Waals surface area contributed by atoms with Crippen molar-refractivity contribution in [1.82, 2.24) is 10.3 Å². The summed E-state index contributed by atoms with van der Waals surface area (Å²) in [6.45, 7) is 2.13. The molecular formula is C16H15BrN2S. The van der Waals surface area contributed by atoms with E-state index in [1.807, 2.05) is 19.3 Å². The second-order valence-electron chi connectivity index (χ2n) is 4.78. The summed E-state index contributed by atoms with van der Waals surface area (Å²) in [6, 6.07) is 13.0. The van der Waals surface area contributed by atoms with E-state index in [0.717, 1.165) is 5.52 Å². The van der Waals surface area contributed by atoms with Crippen LogP contribution < -0.4 is 5.32 Å². The highest BCUT2D eigenvalue weighted by Crippen LogP contribution is 2.34. The second-order valence-corrected chi connectivity index (χ2v) is 7.18. The first kappa shape index (κ1) is 13.7. The highest BCUT2D eigenvalue weighted by molar-refractivity contribution is 9.11. The minimum absolute atomic E-state index is 0.217. The van der Waals surface area contributed by atoms with Gasteiger partial charge in [-0.2, -0.15) is 0 Å². The Kier molecular flexibility index (Phi) is 3.87. The summed E-state index contributed by atoms with van der Waals surface area (Å²) in [4.78, 5) is 5.69. The summed E-state index contributed by atoms with van der Waals surface area (Å²) >= 11 is 5.39. The Hall–Kier alpha value is -1.23. The van der Waals surface area contributed by atoms with Crippen molar-refractivity contribution in [3.63, 3.8) is 0 Å². The number of rotatable bonds is 3. The van der Waals surface area contributed by atoms with E-state index in [0.29, 0.717) is 0 Å². The highest BCUT2D eigenvalue weighted by atomic mass is 79.9. The van der Waals surface area contributed by atoms with Crippen LogP contribution in [0.1, 0.15) is 22.0 Å². The molecule has 2 nitrogen and oxygen atoms in total. The molecule has 1 N–H and O–H groups in total. The summed E-state index contributed by atoms with van der Waals surface area (Å²) in [5.74, 6) is 0. The SMILES string of the molecule is CNC(c1ccc2ncccc2c1)c1cc(C)c(Br)s1. The van der Waals surface area contributed by atoms with Crippen molar-refractivity contribution in [3.8, 4) is 0 Å². The molecule has 1 aromatic carbocycles. The zero-order valence-corrected chi connectivity index (χ0v) is 13.8. The van der Waals surface area contributed by atoms with E-state index in [4.69, 9.17) is 0 Å². The minimum Gasteiger partial charge on any atom is -0.309 e. The number of halogens is 1. The molecule has 0 saturated heterocycles. The molecule has 0 aliphatic heterocycles. The predicted molar refractivity (Wildman–Crippen MR) is 89.4 cm³/mol. The molecule has 0 aliphatic rings. The fraction of sp³-hybridized carbons (Fsp3) is 0.188. The monoisotopic (exact) mass is 346 g/mol. The lowest BCUT2D eigenvalue weighted by Gasteiger charge is -2.15. The summed E-state index contributed by atoms with van der Waals surface area (Å²) in [5.41, 5.74) is 3.59. The van der Waals surface area contributed by atoms with Crippen molar-refractivity contribution in [3.05, 3.63) is 62.4 Å². The molecule has 20 heavy (non-hydrogen) atoms. The van der Waals surface area contributed by atoms with Crippen LogP contribution in [0.4, 0.5) is 0 Å². The third-order valence-corrected chi connectivity index (χ3v) is 5.61. The van der Waals surface area contributed by atoms with Gasteiger partial charge >= 0.3 is 0 Å². The number of benzene rings is 1. The first-order valence-electron chi connectivity index (χ1n) is 6.47. The molecule has 1 atom stereocenters. The van der Waals surface area contributed by atoms with E-state index < -0.39 is 0 Å². The maximum Gasteiger partial charge on any atom is 0.0731 e. The first-order chi connectivity index (χ1) is 9.69. The normalized spacial score (nSPS) is 12.8. The van der Waals surface area contributed by atoms with Gasteiger partial charge in [-0.1, -0.05) is 12.1 Å². The van der Waals surface area contributed by atoms with Crippen LogP contribution >= 0.6 is 27.3 Å². The molecule has 0 aliphatic carbocycles. The Morgan fingerprint density at radius 1 is 1.25 bits per heavy atom. The molecule has 0 bridgehead atoms. The zero-order valence-electron chi connectivity index (χ0n) is 11.4. The summed E-state index contributed by atoms with van der Waals surface area (Å²) in [6.07, 6.45) is 1.83. The number of thiophene rings is 1. The van der Waals surface area contributed by atoms with Crippen LogP contribution in [0.3, 0.4) is 0 Å². The number of pyridine rings is 1. The Balaban J connectivity index is 2.06. The zero-order chi connectivity index (χ0) is 14.1. The van der Waals surface area contributed by atoms with Gasteiger partial charge < -0.3 is 5.32 Å². The third kappa shape index (κ3) is 2.51. The molecule has 0 radical (unpaired) electrons. The van der Waals surface area contributed by atoms with Crippen LogP contribution in [-0.4, -0.2) is 12.0 Å². The molecule has 0 amide bonds. The molecule has 102 valence electrons. The van der Waals surface area contributed by atoms with Gasteiger partial charge in [-0.05, 0) is 65.3 Å². The Morgan fingerprint density at radius 3 is 2.80 bits per heavy atom. The number of fused-ring (bicyclic) bond motifs is 1. The molecule has 0 saturated carbocycles. The fourth-order valence-corrected chi connectivity index (χ4v) is 4.08. The molecular weight excluding hydrogens is 332 g/mol. The summed E-state index contributed by atoms with van der Waals surface area (Å²) in [7, 11) is 2.00. The van der Waals surface area contributed by atoms with E-state index in [9.17, 15) is 0 Å². The largest absolute Gasteiger partial charge is 0.309 e. The molecule has 2 heterocycles. The lowest BCUT2D eigenvalue weighted by atomic mass is 10.0. The lowest BCUT2D eigenvalue weighted by molar-refractivity contribution is 0.704. The Morgan fingerprint density at radius 2 is 2.10 bits per heavy atom. The van der Waals surface area contributed by atoms with E-state index >= 15 is 0 Å². The van der Waals surface area contributed by atoms with Crippen molar-refractivity contribution in [2.24, 2.45) is 0 Å². The van der Waals surface area contributed by atoms with Crippen LogP contribution in [0.25, 0.3) is 10.9 Å². The van der Waals surface area contributed by atoms with E-state index in [-0.39, 0.29) is 6.04 Å². The van der Waals surface area contributed by atoms with Crippen molar-refractivity contribution >= 4 is 38.2 Å². The van der Waals surface area contributed by atoms with E-state index in [2.05, 4.69) is 63.5 Å². The van der Waals surface area contributed by atoms with Crippen LogP contribution in [-0.2, 0) is 0 Å². The topological polar surface area (TPSA) is 24.9 Å². The van der Waals surface area contributed by atoms with E-state index in [1.54, 1.807) is 11.3 Å². The summed E-state index contributed by atoms with van der Waals surface area (Å²) in [5, 5.41) is 4.59. The van der Waals surface area contributed by atoms with Gasteiger partial charge in [0.15, 0.2) is 0 Å². The first-order valence-corrected chi connectivity index (χ1v) is 8.08. The van der Waals surface area contributed by atoms with Gasteiger partial charge in [-0.15, -0.1) is 11.3 Å². The number of aryl methyl sites for hydroxylation is 1. The number of hydrogen-bond donors (Lipinski definition) is 1. The minimum atomic E-state index is 0.217. The molecule has 2 aromatic heterocycles. The third-order valence-electron chi connectivity index (χ3n) is 3.41. The van der Waals surface area contributed by atoms with Gasteiger partial charge in [0.05, 0.1) is 15.3 Å². The predicted octanol–water partition coefficient (Wildman–Crippen LogP) is 4.68. The van der Waals surface area contributed by atoms with Crippen LogP contribution in [0.5, 0.6) is 0 Å². The number of nitrogens with one attached hydrogen (secondary N) is 1. The molecule has 0 fully saturated rings. The molecule has 3 rings (SSSR count). The molecule has 0 spiro atoms. The van der Waals surface area contributed by atoms with Gasteiger partial charge in [0, 0.05) is 16.5 Å². The maximum atomic E-state index is 4.37. The van der Waals surface area contributed by atoms with Crippen molar-refractivity contribution in [2.75, 3.05) is 7.05 Å². The van der Waals surface area contributed by atoms with Gasteiger partial charge in [0.2, 0.25) is 0 Å². The fourth-order valence-electron chi connectivity index (χ4n) is 2.37. The van der Waals surface area contributed by atoms with Crippen molar-refractivity contribution < 1.29 is 0 Å². The lowest BCUT2D eigenvalue weighted by Crippen LogP contribution is -2.16. The average molecular weight is 347 g/mol. The maximum absolute atomic E-state index is 4.37. The van der Waals surface area contributed by atoms with Gasteiger partial charge in [0.25, 0.3) is 0 Å². The number of hydrogen-bond acceptors (Lipinski definition) is 3. The smallest absolute Gasteiger partial charge is 0.0731 e. The second kappa shape index (κ2) is 5.64. The van der Waals surface area contributed by atoms with Gasteiger partial charge in [-0.3, -0.25) is 4.98 Å². The van der Waals surface area contributed by atoms with Gasteiger partial charge in [-0.25, -0.2) is 0 Å². The summed E-state index contributed by atoms with van der Waals surface area (Å²) < 4.78 is 1.20. The standard InChI is InChI=1S/C16H15BrN2S/c1-10-8-14(20-16(10)17)15(18-2)12-5-6-13-11(9-12)4-3-7-19-13/h3-9,15,18H,1-2H3. The quantitative estimate of drug-likeness (QED) is 0.744. The van der Waals surface area contributed by atoms with Gasteiger partial charge in [0.1, 0.15) is 0 Å². The molecule has 3 aromatic rings. The molecule has 4 heteroatoms. The average Bonchev–Trinajstić information content (AvgIpc) is 2.79. The van der Waals surface area contributed by atoms with Crippen molar-refractivity contribution in [2.45, 2.75) is 13.0 Å². The van der Waals surface area contributed by atoms with Crippen molar-refractivity contribution in [1.29, 1.82) is 0 Å². The highest BCUT2D eigenvalue weighted by Gasteiger charge is 2.16. The van der Waals surface area contributed by atoms with Crippen LogP contribution in [0.15, 0.2) is 46.4 Å². The number of nitrogens with zero attached hydrogens (tertiary/aromatic N) is 1. The van der Waals surface area contributed by atoms with Crippen LogP contribution in [0, 0.1) is 6.92 Å². The number of aromatic nitrogens is 1. The van der Waals surface area contributed by atoms with Crippen LogP contribution in [0.2, 0.25) is 0 Å².